The second-order valence-electron chi connectivity index (χ2n) is 10.4. The van der Waals surface area contributed by atoms with Crippen LogP contribution in [0.5, 0.6) is 0 Å². The second-order valence-corrected chi connectivity index (χ2v) is 10.4. The lowest BCUT2D eigenvalue weighted by atomic mass is 9.89. The van der Waals surface area contributed by atoms with Crippen LogP contribution in [0, 0.1) is 5.92 Å². The second kappa shape index (κ2) is 10.8. The highest BCUT2D eigenvalue weighted by atomic mass is 15.4. The Morgan fingerprint density at radius 2 is 1.64 bits per heavy atom. The fourth-order valence-electron chi connectivity index (χ4n) is 5.67. The first kappa shape index (κ1) is 23.2. The van der Waals surface area contributed by atoms with Gasteiger partial charge in [-0.2, -0.15) is 15.0 Å². The first-order valence-electron chi connectivity index (χ1n) is 13.6. The minimum Gasteiger partial charge on any atom is -0.354 e. The minimum atomic E-state index is 0.711. The summed E-state index contributed by atoms with van der Waals surface area (Å²) in [5.74, 6) is 2.98. The Labute approximate surface area is 213 Å². The molecule has 1 saturated carbocycles. The Morgan fingerprint density at radius 1 is 0.861 bits per heavy atom. The molecule has 3 aromatic rings. The van der Waals surface area contributed by atoms with Gasteiger partial charge in [-0.3, -0.25) is 4.90 Å². The van der Waals surface area contributed by atoms with Crippen molar-refractivity contribution in [1.29, 1.82) is 0 Å². The van der Waals surface area contributed by atoms with Gasteiger partial charge in [0, 0.05) is 52.2 Å². The number of imidazole rings is 1. The molecule has 6 rings (SSSR count). The SMILES string of the molecule is c1ccc(CN2CCN(c3nc(NCC4CCCCC4)nc(N4CCc5nc[nH]c5C4)n3)CC2)cc1. The summed E-state index contributed by atoms with van der Waals surface area (Å²) in [6.45, 7) is 7.40. The van der Waals surface area contributed by atoms with Gasteiger partial charge in [0.1, 0.15) is 0 Å². The smallest absolute Gasteiger partial charge is 0.232 e. The Bertz CT molecular complexity index is 1120. The van der Waals surface area contributed by atoms with Gasteiger partial charge < -0.3 is 20.1 Å². The van der Waals surface area contributed by atoms with E-state index in [4.69, 9.17) is 15.0 Å². The van der Waals surface area contributed by atoms with Crippen molar-refractivity contribution in [2.75, 3.05) is 54.4 Å². The van der Waals surface area contributed by atoms with Crippen molar-refractivity contribution in [1.82, 2.24) is 29.8 Å². The molecule has 9 heteroatoms. The summed E-state index contributed by atoms with van der Waals surface area (Å²) in [7, 11) is 0. The Hall–Kier alpha value is -3.20. The van der Waals surface area contributed by atoms with Gasteiger partial charge in [0.15, 0.2) is 0 Å². The molecule has 4 heterocycles. The molecule has 2 aliphatic heterocycles. The van der Waals surface area contributed by atoms with Crippen LogP contribution in [0.25, 0.3) is 0 Å². The maximum atomic E-state index is 4.98. The third-order valence-electron chi connectivity index (χ3n) is 7.85. The molecule has 0 atom stereocenters. The van der Waals surface area contributed by atoms with E-state index in [1.807, 2.05) is 0 Å². The summed E-state index contributed by atoms with van der Waals surface area (Å²) in [6, 6.07) is 10.7. The highest BCUT2D eigenvalue weighted by molar-refractivity contribution is 5.47. The topological polar surface area (TPSA) is 89.1 Å². The third kappa shape index (κ3) is 5.46. The number of benzene rings is 1. The normalized spacial score (nSPS) is 19.3. The van der Waals surface area contributed by atoms with Crippen molar-refractivity contribution in [3.05, 3.63) is 53.6 Å². The number of nitrogens with zero attached hydrogens (tertiary/aromatic N) is 7. The third-order valence-corrected chi connectivity index (χ3v) is 7.85. The van der Waals surface area contributed by atoms with E-state index in [0.717, 1.165) is 82.1 Å². The van der Waals surface area contributed by atoms with Crippen LogP contribution in [0.2, 0.25) is 0 Å². The Balaban J connectivity index is 1.17. The number of fused-ring (bicyclic) bond motifs is 1. The molecule has 0 bridgehead atoms. The highest BCUT2D eigenvalue weighted by Gasteiger charge is 2.25. The van der Waals surface area contributed by atoms with Gasteiger partial charge in [-0.1, -0.05) is 49.6 Å². The average Bonchev–Trinajstić information content (AvgIpc) is 3.41. The lowest BCUT2D eigenvalue weighted by Gasteiger charge is -2.35. The molecular formula is C27H37N9. The van der Waals surface area contributed by atoms with E-state index in [0.29, 0.717) is 11.9 Å². The number of rotatable bonds is 7. The van der Waals surface area contributed by atoms with Crippen molar-refractivity contribution in [3.63, 3.8) is 0 Å². The molecule has 0 unspecified atom stereocenters. The van der Waals surface area contributed by atoms with Crippen LogP contribution in [-0.2, 0) is 19.5 Å². The van der Waals surface area contributed by atoms with Crippen LogP contribution in [-0.4, -0.2) is 69.1 Å². The predicted molar refractivity (Wildman–Crippen MR) is 142 cm³/mol. The number of anilines is 3. The van der Waals surface area contributed by atoms with E-state index in [2.05, 4.69) is 60.3 Å². The van der Waals surface area contributed by atoms with Crippen molar-refractivity contribution < 1.29 is 0 Å². The zero-order valence-electron chi connectivity index (χ0n) is 21.1. The molecule has 1 aliphatic carbocycles. The van der Waals surface area contributed by atoms with Crippen molar-refractivity contribution in [2.24, 2.45) is 5.92 Å². The van der Waals surface area contributed by atoms with E-state index < -0.39 is 0 Å². The van der Waals surface area contributed by atoms with Gasteiger partial charge >= 0.3 is 0 Å². The molecule has 2 aromatic heterocycles. The number of piperazine rings is 1. The molecule has 0 spiro atoms. The summed E-state index contributed by atoms with van der Waals surface area (Å²) in [4.78, 5) is 29.6. The zero-order valence-corrected chi connectivity index (χ0v) is 21.1. The summed E-state index contributed by atoms with van der Waals surface area (Å²) in [5.41, 5.74) is 3.69. The van der Waals surface area contributed by atoms with E-state index in [-0.39, 0.29) is 0 Å². The number of aromatic nitrogens is 5. The molecule has 2 fully saturated rings. The van der Waals surface area contributed by atoms with Gasteiger partial charge in [-0.05, 0) is 24.3 Å². The number of H-pyrrole nitrogens is 1. The lowest BCUT2D eigenvalue weighted by Crippen LogP contribution is -2.46. The Morgan fingerprint density at radius 3 is 2.44 bits per heavy atom. The molecule has 3 aliphatic rings. The monoisotopic (exact) mass is 487 g/mol. The molecule has 9 nitrogen and oxygen atoms in total. The standard InChI is InChI=1S/C27H37N9/c1-3-7-21(8-4-1)17-28-25-31-26(33-27(32-25)36-12-11-23-24(19-36)30-20-29-23)35-15-13-34(14-16-35)18-22-9-5-2-6-10-22/h2,5-6,9-10,20-21H,1,3-4,7-8,11-19H2,(H,29,30)(H,28,31,32,33). The van der Waals surface area contributed by atoms with E-state index in [9.17, 15) is 0 Å². The number of aromatic amines is 1. The summed E-state index contributed by atoms with van der Waals surface area (Å²) >= 11 is 0. The van der Waals surface area contributed by atoms with Crippen LogP contribution in [0.4, 0.5) is 17.8 Å². The molecule has 1 aromatic carbocycles. The van der Waals surface area contributed by atoms with Crippen molar-refractivity contribution in [2.45, 2.75) is 51.6 Å². The average molecular weight is 488 g/mol. The quantitative estimate of drug-likeness (QED) is 0.524. The Kier molecular flexibility index (Phi) is 6.98. The number of nitrogens with one attached hydrogen (secondary N) is 2. The zero-order chi connectivity index (χ0) is 24.2. The van der Waals surface area contributed by atoms with E-state index >= 15 is 0 Å². The van der Waals surface area contributed by atoms with Crippen LogP contribution < -0.4 is 15.1 Å². The fourth-order valence-corrected chi connectivity index (χ4v) is 5.67. The number of hydrogen-bond acceptors (Lipinski definition) is 8. The molecule has 0 amide bonds. The van der Waals surface area contributed by atoms with Crippen molar-refractivity contribution in [3.8, 4) is 0 Å². The molecule has 36 heavy (non-hydrogen) atoms. The van der Waals surface area contributed by atoms with E-state index in [1.165, 1.54) is 37.7 Å². The fraction of sp³-hybridized carbons (Fsp3) is 0.556. The summed E-state index contributed by atoms with van der Waals surface area (Å²) < 4.78 is 0. The van der Waals surface area contributed by atoms with Gasteiger partial charge in [-0.25, -0.2) is 4.98 Å². The molecule has 1 saturated heterocycles. The largest absolute Gasteiger partial charge is 0.354 e. The van der Waals surface area contributed by atoms with Crippen LogP contribution in [0.1, 0.15) is 49.1 Å². The summed E-state index contributed by atoms with van der Waals surface area (Å²) in [5, 5.41) is 3.58. The molecule has 2 N–H and O–H groups in total. The van der Waals surface area contributed by atoms with Gasteiger partial charge in [-0.15, -0.1) is 0 Å². The van der Waals surface area contributed by atoms with Crippen molar-refractivity contribution >= 4 is 17.8 Å². The first-order chi connectivity index (χ1) is 17.8. The van der Waals surface area contributed by atoms with Crippen LogP contribution >= 0.6 is 0 Å². The number of hydrogen-bond donors (Lipinski definition) is 2. The molecule has 0 radical (unpaired) electrons. The maximum absolute atomic E-state index is 4.98. The van der Waals surface area contributed by atoms with Crippen LogP contribution in [0.15, 0.2) is 36.7 Å². The minimum absolute atomic E-state index is 0.711. The predicted octanol–water partition coefficient (Wildman–Crippen LogP) is 3.47. The van der Waals surface area contributed by atoms with Crippen LogP contribution in [0.3, 0.4) is 0 Å². The first-order valence-corrected chi connectivity index (χ1v) is 13.6. The maximum Gasteiger partial charge on any atom is 0.232 e. The lowest BCUT2D eigenvalue weighted by molar-refractivity contribution is 0.248. The molecular weight excluding hydrogens is 450 g/mol. The van der Waals surface area contributed by atoms with Gasteiger partial charge in [0.05, 0.1) is 24.3 Å². The van der Waals surface area contributed by atoms with E-state index in [1.54, 1.807) is 6.33 Å². The van der Waals surface area contributed by atoms with Gasteiger partial charge in [0.25, 0.3) is 0 Å². The molecule has 190 valence electrons. The summed E-state index contributed by atoms with van der Waals surface area (Å²) in [6.07, 6.45) is 9.35. The highest BCUT2D eigenvalue weighted by Crippen LogP contribution is 2.26. The van der Waals surface area contributed by atoms with Gasteiger partial charge in [0.2, 0.25) is 17.8 Å².